The third kappa shape index (κ3) is 18.9. The Morgan fingerprint density at radius 3 is 1.06 bits per heavy atom. The van der Waals surface area contributed by atoms with Crippen LogP contribution in [0.25, 0.3) is 0 Å². The lowest BCUT2D eigenvalue weighted by molar-refractivity contribution is 0.289. The molecule has 0 heterocycles. The summed E-state index contributed by atoms with van der Waals surface area (Å²) in [5, 5.41) is 0. The minimum Gasteiger partial charge on any atom is -0.493 e. The van der Waals surface area contributed by atoms with Gasteiger partial charge in [0, 0.05) is 6.07 Å². The molecule has 0 radical (unpaired) electrons. The second-order valence-electron chi connectivity index (χ2n) is 10.0. The molecule has 0 aliphatic rings. The highest BCUT2D eigenvalue weighted by molar-refractivity contribution is 5.37. The quantitative estimate of drug-likeness (QED) is 0.143. The van der Waals surface area contributed by atoms with E-state index in [0.29, 0.717) is 0 Å². The molecule has 2 nitrogen and oxygen atoms in total. The highest BCUT2D eigenvalue weighted by Gasteiger charge is 2.02. The molecule has 33 heavy (non-hydrogen) atoms. The molecule has 192 valence electrons. The van der Waals surface area contributed by atoms with Crippen LogP contribution in [0.2, 0.25) is 0 Å². The molecule has 0 amide bonds. The van der Waals surface area contributed by atoms with Gasteiger partial charge in [-0.3, -0.25) is 0 Å². The minimum absolute atomic E-state index is 0.817. The Kier molecular flexibility index (Phi) is 20.4. The van der Waals surface area contributed by atoms with Gasteiger partial charge in [-0.25, -0.2) is 0 Å². The summed E-state index contributed by atoms with van der Waals surface area (Å²) in [5.41, 5.74) is 1.22. The Morgan fingerprint density at radius 2 is 0.727 bits per heavy atom. The van der Waals surface area contributed by atoms with Crippen molar-refractivity contribution in [1.82, 2.24) is 0 Å². The summed E-state index contributed by atoms with van der Waals surface area (Å²) in [6, 6.07) is 6.33. The molecule has 1 rings (SSSR count). The Hall–Kier alpha value is -1.18. The molecule has 0 saturated carbocycles. The minimum atomic E-state index is 0.817. The van der Waals surface area contributed by atoms with Crippen LogP contribution in [-0.4, -0.2) is 13.2 Å². The van der Waals surface area contributed by atoms with Crippen molar-refractivity contribution in [3.8, 4) is 11.5 Å². The zero-order valence-electron chi connectivity index (χ0n) is 22.6. The summed E-state index contributed by atoms with van der Waals surface area (Å²) in [4.78, 5) is 0. The fraction of sp³-hybridized carbons (Fsp3) is 0.806. The smallest absolute Gasteiger partial charge is 0.123 e. The van der Waals surface area contributed by atoms with Crippen molar-refractivity contribution in [2.75, 3.05) is 13.2 Å². The van der Waals surface area contributed by atoms with Crippen LogP contribution in [0.15, 0.2) is 18.2 Å². The van der Waals surface area contributed by atoms with Gasteiger partial charge < -0.3 is 9.47 Å². The fourth-order valence-corrected chi connectivity index (χ4v) is 4.44. The molecule has 0 aromatic heterocycles. The van der Waals surface area contributed by atoms with Crippen LogP contribution in [0.5, 0.6) is 11.5 Å². The number of ether oxygens (including phenoxy) is 2. The third-order valence-corrected chi connectivity index (χ3v) is 6.56. The average Bonchev–Trinajstić information content (AvgIpc) is 2.80. The summed E-state index contributed by atoms with van der Waals surface area (Å²) in [6.45, 7) is 8.33. The lowest BCUT2D eigenvalue weighted by Gasteiger charge is -2.11. The first-order valence-corrected chi connectivity index (χ1v) is 14.6. The van der Waals surface area contributed by atoms with Crippen LogP contribution < -0.4 is 9.47 Å². The number of rotatable bonds is 24. The zero-order valence-corrected chi connectivity index (χ0v) is 22.6. The molecule has 0 aliphatic heterocycles. The molecule has 0 N–H and O–H groups in total. The van der Waals surface area contributed by atoms with E-state index in [1.54, 1.807) is 0 Å². The molecule has 1 aromatic carbocycles. The highest BCUT2D eigenvalue weighted by Crippen LogP contribution is 2.23. The van der Waals surface area contributed by atoms with Crippen molar-refractivity contribution in [1.29, 1.82) is 0 Å². The molecular formula is C31H56O2. The van der Waals surface area contributed by atoms with E-state index in [-0.39, 0.29) is 0 Å². The summed E-state index contributed by atoms with van der Waals surface area (Å²) < 4.78 is 12.1. The summed E-state index contributed by atoms with van der Waals surface area (Å²) in [6.07, 6.45) is 27.2. The van der Waals surface area contributed by atoms with Gasteiger partial charge in [0.2, 0.25) is 0 Å². The molecule has 0 saturated heterocycles. The van der Waals surface area contributed by atoms with Crippen LogP contribution >= 0.6 is 0 Å². The first kappa shape index (κ1) is 29.9. The van der Waals surface area contributed by atoms with E-state index in [0.717, 1.165) is 37.6 Å². The third-order valence-electron chi connectivity index (χ3n) is 6.56. The van der Waals surface area contributed by atoms with Gasteiger partial charge in [-0.2, -0.15) is 0 Å². The second kappa shape index (κ2) is 22.6. The molecular weight excluding hydrogens is 404 g/mol. The number of hydrogen-bond acceptors (Lipinski definition) is 2. The molecule has 0 fully saturated rings. The Bertz CT molecular complexity index is 495. The number of hydrogen-bond donors (Lipinski definition) is 0. The maximum absolute atomic E-state index is 6.03. The predicted molar refractivity (Wildman–Crippen MR) is 146 cm³/mol. The lowest BCUT2D eigenvalue weighted by atomic mass is 10.1. The van der Waals surface area contributed by atoms with E-state index in [1.165, 1.54) is 121 Å². The van der Waals surface area contributed by atoms with Gasteiger partial charge in [-0.05, 0) is 37.5 Å². The molecule has 0 aliphatic carbocycles. The number of unbranched alkanes of at least 4 members (excludes halogenated alkanes) is 18. The van der Waals surface area contributed by atoms with Crippen molar-refractivity contribution >= 4 is 0 Å². The molecule has 0 unspecified atom stereocenters. The molecule has 2 heteroatoms. The number of aryl methyl sites for hydroxylation is 1. The summed E-state index contributed by atoms with van der Waals surface area (Å²) in [7, 11) is 0. The normalized spacial score (nSPS) is 11.1. The Balaban J connectivity index is 2.02. The molecule has 0 spiro atoms. The van der Waals surface area contributed by atoms with Gasteiger partial charge in [-0.15, -0.1) is 0 Å². The van der Waals surface area contributed by atoms with Gasteiger partial charge in [0.1, 0.15) is 11.5 Å². The second-order valence-corrected chi connectivity index (χ2v) is 10.0. The standard InChI is InChI=1S/C31H56O2/c1-4-6-8-10-12-14-16-18-20-22-24-32-30-26-29(3)27-31(28-30)33-25-23-21-19-17-15-13-11-9-7-5-2/h26-28H,4-25H2,1-3H3. The predicted octanol–water partition coefficient (Wildman–Crippen LogP) is 10.6. The topological polar surface area (TPSA) is 18.5 Å². The van der Waals surface area contributed by atoms with Crippen LogP contribution in [-0.2, 0) is 0 Å². The van der Waals surface area contributed by atoms with E-state index >= 15 is 0 Å². The fourth-order valence-electron chi connectivity index (χ4n) is 4.44. The Morgan fingerprint density at radius 1 is 0.424 bits per heavy atom. The number of benzene rings is 1. The van der Waals surface area contributed by atoms with Gasteiger partial charge >= 0.3 is 0 Å². The van der Waals surface area contributed by atoms with Gasteiger partial charge in [0.15, 0.2) is 0 Å². The maximum atomic E-state index is 6.03. The average molecular weight is 461 g/mol. The van der Waals surface area contributed by atoms with Gasteiger partial charge in [0.05, 0.1) is 13.2 Å². The van der Waals surface area contributed by atoms with E-state index in [2.05, 4.69) is 39.0 Å². The SMILES string of the molecule is CCCCCCCCCCCCOc1cc(C)cc(OCCCCCCCCCCCC)c1. The van der Waals surface area contributed by atoms with E-state index < -0.39 is 0 Å². The van der Waals surface area contributed by atoms with E-state index in [4.69, 9.17) is 9.47 Å². The highest BCUT2D eigenvalue weighted by atomic mass is 16.5. The van der Waals surface area contributed by atoms with Crippen molar-refractivity contribution in [2.45, 2.75) is 149 Å². The maximum Gasteiger partial charge on any atom is 0.123 e. The van der Waals surface area contributed by atoms with Crippen molar-refractivity contribution in [3.05, 3.63) is 23.8 Å². The van der Waals surface area contributed by atoms with E-state index in [9.17, 15) is 0 Å². The van der Waals surface area contributed by atoms with Crippen LogP contribution in [0.3, 0.4) is 0 Å². The first-order valence-electron chi connectivity index (χ1n) is 14.6. The van der Waals surface area contributed by atoms with Gasteiger partial charge in [0.25, 0.3) is 0 Å². The molecule has 1 aromatic rings. The lowest BCUT2D eigenvalue weighted by Crippen LogP contribution is -2.00. The van der Waals surface area contributed by atoms with Crippen molar-refractivity contribution in [2.24, 2.45) is 0 Å². The van der Waals surface area contributed by atoms with Crippen LogP contribution in [0.4, 0.5) is 0 Å². The zero-order chi connectivity index (χ0) is 23.8. The Labute approximate surface area is 207 Å². The largest absolute Gasteiger partial charge is 0.493 e. The van der Waals surface area contributed by atoms with E-state index in [1.807, 2.05) is 0 Å². The first-order chi connectivity index (χ1) is 16.3. The van der Waals surface area contributed by atoms with Crippen molar-refractivity contribution in [3.63, 3.8) is 0 Å². The van der Waals surface area contributed by atoms with Crippen LogP contribution in [0.1, 0.15) is 148 Å². The van der Waals surface area contributed by atoms with Gasteiger partial charge in [-0.1, -0.05) is 129 Å². The molecule has 0 bridgehead atoms. The molecule has 0 atom stereocenters. The van der Waals surface area contributed by atoms with Crippen LogP contribution in [0, 0.1) is 6.92 Å². The summed E-state index contributed by atoms with van der Waals surface area (Å²) in [5.74, 6) is 1.92. The monoisotopic (exact) mass is 460 g/mol. The van der Waals surface area contributed by atoms with Crippen molar-refractivity contribution < 1.29 is 9.47 Å². The summed E-state index contributed by atoms with van der Waals surface area (Å²) >= 11 is 0.